The van der Waals surface area contributed by atoms with Crippen LogP contribution in [0.4, 0.5) is 4.39 Å². The third-order valence-electron chi connectivity index (χ3n) is 3.17. The van der Waals surface area contributed by atoms with Crippen LogP contribution in [0.25, 0.3) is 0 Å². The molecule has 0 spiro atoms. The second-order valence-electron chi connectivity index (χ2n) is 4.43. The lowest BCUT2D eigenvalue weighted by molar-refractivity contribution is 0.321. The molecule has 1 fully saturated rings. The van der Waals surface area contributed by atoms with Crippen LogP contribution in [0, 0.1) is 11.7 Å². The van der Waals surface area contributed by atoms with Gasteiger partial charge in [0.2, 0.25) is 0 Å². The minimum Gasteiger partial charge on any atom is -0.369 e. The maximum atomic E-state index is 13.5. The predicted molar refractivity (Wildman–Crippen MR) is 63.2 cm³/mol. The Balaban J connectivity index is 2.04. The topological polar surface area (TPSA) is 12.5 Å². The lowest BCUT2D eigenvalue weighted by Gasteiger charge is -2.10. The molecular formula is C13H16ClFO. The first-order chi connectivity index (χ1) is 7.63. The molecule has 0 bridgehead atoms. The van der Waals surface area contributed by atoms with E-state index in [1.54, 1.807) is 12.1 Å². The van der Waals surface area contributed by atoms with Gasteiger partial charge in [0, 0.05) is 10.6 Å². The monoisotopic (exact) mass is 242 g/mol. The van der Waals surface area contributed by atoms with E-state index >= 15 is 0 Å². The predicted octanol–water partition coefficient (Wildman–Crippen LogP) is 3.84. The number of ether oxygens (including phenoxy) is 1. The summed E-state index contributed by atoms with van der Waals surface area (Å²) in [5, 5.41) is 0.514. The molecule has 1 aliphatic rings. The van der Waals surface area contributed by atoms with Gasteiger partial charge in [-0.25, -0.2) is 4.39 Å². The minimum absolute atomic E-state index is 0.215. The molecule has 0 aliphatic carbocycles. The second-order valence-corrected chi connectivity index (χ2v) is 4.84. The molecule has 1 saturated heterocycles. The van der Waals surface area contributed by atoms with Crippen LogP contribution in [0.15, 0.2) is 18.2 Å². The molecule has 0 amide bonds. The van der Waals surface area contributed by atoms with Gasteiger partial charge in [0.15, 0.2) is 0 Å². The number of hydrogen-bond acceptors (Lipinski definition) is 1. The Morgan fingerprint density at radius 2 is 2.25 bits per heavy atom. The SMILES string of the molecule is CCC1OC1C(C)Cc1c(F)cccc1Cl. The van der Waals surface area contributed by atoms with E-state index in [0.29, 0.717) is 29.0 Å². The summed E-state index contributed by atoms with van der Waals surface area (Å²) < 4.78 is 19.1. The summed E-state index contributed by atoms with van der Waals surface area (Å²) in [5.41, 5.74) is 0.613. The van der Waals surface area contributed by atoms with E-state index in [-0.39, 0.29) is 11.9 Å². The first kappa shape index (κ1) is 11.9. The van der Waals surface area contributed by atoms with E-state index in [4.69, 9.17) is 16.3 Å². The Hall–Kier alpha value is -0.600. The molecular weight excluding hydrogens is 227 g/mol. The van der Waals surface area contributed by atoms with Gasteiger partial charge in [-0.2, -0.15) is 0 Å². The summed E-state index contributed by atoms with van der Waals surface area (Å²) in [5.74, 6) is 0.104. The normalized spacial score (nSPS) is 25.5. The fourth-order valence-electron chi connectivity index (χ4n) is 2.15. The van der Waals surface area contributed by atoms with Crippen molar-refractivity contribution in [2.75, 3.05) is 0 Å². The smallest absolute Gasteiger partial charge is 0.127 e. The van der Waals surface area contributed by atoms with Gasteiger partial charge < -0.3 is 4.74 Å². The lowest BCUT2D eigenvalue weighted by Crippen LogP contribution is -2.11. The van der Waals surface area contributed by atoms with Gasteiger partial charge in [0.25, 0.3) is 0 Å². The maximum absolute atomic E-state index is 13.5. The van der Waals surface area contributed by atoms with Crippen LogP contribution in [-0.4, -0.2) is 12.2 Å². The van der Waals surface area contributed by atoms with Gasteiger partial charge in [-0.15, -0.1) is 0 Å². The Kier molecular flexibility index (Phi) is 3.50. The molecule has 3 heteroatoms. The molecule has 1 heterocycles. The summed E-state index contributed by atoms with van der Waals surface area (Å²) in [6.45, 7) is 4.19. The van der Waals surface area contributed by atoms with Crippen LogP contribution < -0.4 is 0 Å². The molecule has 0 saturated carbocycles. The molecule has 1 aliphatic heterocycles. The van der Waals surface area contributed by atoms with E-state index in [2.05, 4.69) is 13.8 Å². The van der Waals surface area contributed by atoms with E-state index in [1.807, 2.05) is 0 Å². The van der Waals surface area contributed by atoms with E-state index in [0.717, 1.165) is 6.42 Å². The van der Waals surface area contributed by atoms with Gasteiger partial charge in [0.05, 0.1) is 12.2 Å². The van der Waals surface area contributed by atoms with Crippen LogP contribution in [0.3, 0.4) is 0 Å². The van der Waals surface area contributed by atoms with Gasteiger partial charge in [-0.3, -0.25) is 0 Å². The van der Waals surface area contributed by atoms with E-state index < -0.39 is 0 Å². The standard InChI is InChI=1S/C13H16ClFO/c1-3-12-13(16-12)8(2)7-9-10(14)5-4-6-11(9)15/h4-6,8,12-13H,3,7H2,1-2H3. The zero-order valence-electron chi connectivity index (χ0n) is 9.54. The van der Waals surface area contributed by atoms with Crippen molar-refractivity contribution in [3.8, 4) is 0 Å². The van der Waals surface area contributed by atoms with Crippen LogP contribution in [-0.2, 0) is 11.2 Å². The molecule has 2 rings (SSSR count). The molecule has 3 unspecified atom stereocenters. The first-order valence-corrected chi connectivity index (χ1v) is 6.09. The highest BCUT2D eigenvalue weighted by atomic mass is 35.5. The van der Waals surface area contributed by atoms with Crippen molar-refractivity contribution >= 4 is 11.6 Å². The quantitative estimate of drug-likeness (QED) is 0.731. The van der Waals surface area contributed by atoms with Crippen molar-refractivity contribution < 1.29 is 9.13 Å². The highest BCUT2D eigenvalue weighted by Crippen LogP contribution is 2.34. The lowest BCUT2D eigenvalue weighted by atomic mass is 9.95. The maximum Gasteiger partial charge on any atom is 0.127 e. The van der Waals surface area contributed by atoms with Crippen molar-refractivity contribution in [2.24, 2.45) is 5.92 Å². The molecule has 16 heavy (non-hydrogen) atoms. The second kappa shape index (κ2) is 4.72. The van der Waals surface area contributed by atoms with Crippen molar-refractivity contribution in [1.82, 2.24) is 0 Å². The van der Waals surface area contributed by atoms with Crippen molar-refractivity contribution in [3.05, 3.63) is 34.6 Å². The Morgan fingerprint density at radius 3 is 2.81 bits per heavy atom. The number of hydrogen-bond donors (Lipinski definition) is 0. The number of epoxide rings is 1. The van der Waals surface area contributed by atoms with Gasteiger partial charge in [-0.1, -0.05) is 31.5 Å². The fraction of sp³-hybridized carbons (Fsp3) is 0.538. The summed E-state index contributed by atoms with van der Waals surface area (Å²) in [6.07, 6.45) is 2.31. The highest BCUT2D eigenvalue weighted by molar-refractivity contribution is 6.31. The molecule has 0 N–H and O–H groups in total. The van der Waals surface area contributed by atoms with Gasteiger partial charge in [-0.05, 0) is 30.9 Å². The minimum atomic E-state index is -0.215. The fourth-order valence-corrected chi connectivity index (χ4v) is 2.39. The van der Waals surface area contributed by atoms with Crippen molar-refractivity contribution in [3.63, 3.8) is 0 Å². The third kappa shape index (κ3) is 2.38. The average molecular weight is 243 g/mol. The van der Waals surface area contributed by atoms with Crippen LogP contribution in [0.2, 0.25) is 5.02 Å². The van der Waals surface area contributed by atoms with Crippen molar-refractivity contribution in [1.29, 1.82) is 0 Å². The zero-order chi connectivity index (χ0) is 11.7. The highest BCUT2D eigenvalue weighted by Gasteiger charge is 2.41. The Labute approximate surface area is 101 Å². The first-order valence-electron chi connectivity index (χ1n) is 5.71. The molecule has 3 atom stereocenters. The number of benzene rings is 1. The van der Waals surface area contributed by atoms with Gasteiger partial charge in [0.1, 0.15) is 5.82 Å². The van der Waals surface area contributed by atoms with Crippen molar-refractivity contribution in [2.45, 2.75) is 38.9 Å². The van der Waals surface area contributed by atoms with Crippen LogP contribution in [0.1, 0.15) is 25.8 Å². The van der Waals surface area contributed by atoms with Crippen LogP contribution >= 0.6 is 11.6 Å². The molecule has 1 aromatic rings. The van der Waals surface area contributed by atoms with Crippen LogP contribution in [0.5, 0.6) is 0 Å². The molecule has 1 nitrogen and oxygen atoms in total. The van der Waals surface area contributed by atoms with Gasteiger partial charge >= 0.3 is 0 Å². The molecule has 0 aromatic heterocycles. The zero-order valence-corrected chi connectivity index (χ0v) is 10.3. The molecule has 0 radical (unpaired) electrons. The molecule has 88 valence electrons. The summed E-state index contributed by atoms with van der Waals surface area (Å²) >= 11 is 5.99. The summed E-state index contributed by atoms with van der Waals surface area (Å²) in [4.78, 5) is 0. The molecule has 1 aromatic carbocycles. The largest absolute Gasteiger partial charge is 0.369 e. The number of rotatable bonds is 4. The van der Waals surface area contributed by atoms with E-state index in [1.165, 1.54) is 6.07 Å². The van der Waals surface area contributed by atoms with E-state index in [9.17, 15) is 4.39 Å². The summed E-state index contributed by atoms with van der Waals surface area (Å²) in [6, 6.07) is 4.82. The Bertz CT molecular complexity index is 360. The Morgan fingerprint density at radius 1 is 1.50 bits per heavy atom. The average Bonchev–Trinajstić information content (AvgIpc) is 3.02. The third-order valence-corrected chi connectivity index (χ3v) is 3.53. The number of halogens is 2. The summed E-state index contributed by atoms with van der Waals surface area (Å²) in [7, 11) is 0.